The molecule has 1 aromatic heterocycles. The summed E-state index contributed by atoms with van der Waals surface area (Å²) in [6.45, 7) is 2.31. The lowest BCUT2D eigenvalue weighted by atomic mass is 10.1. The van der Waals surface area contributed by atoms with Crippen molar-refractivity contribution in [1.29, 1.82) is 0 Å². The second kappa shape index (κ2) is 10.0. The van der Waals surface area contributed by atoms with Gasteiger partial charge in [0.05, 0.1) is 4.91 Å². The van der Waals surface area contributed by atoms with Crippen molar-refractivity contribution in [3.8, 4) is 0 Å². The fourth-order valence-electron chi connectivity index (χ4n) is 2.77. The van der Waals surface area contributed by atoms with Crippen molar-refractivity contribution < 1.29 is 14.1 Å². The van der Waals surface area contributed by atoms with Crippen LogP contribution in [-0.4, -0.2) is 32.7 Å². The maximum atomic E-state index is 12.6. The lowest BCUT2D eigenvalue weighted by molar-refractivity contribution is -0.122. The minimum Gasteiger partial charge on any atom is -0.360 e. The molecule has 0 atom stereocenters. The molecule has 0 saturated carbocycles. The van der Waals surface area contributed by atoms with E-state index in [0.717, 1.165) is 24.8 Å². The van der Waals surface area contributed by atoms with E-state index in [1.807, 2.05) is 18.2 Å². The number of carbonyl (C=O) groups excluding carboxylic acids is 2. The monoisotopic (exact) mass is 449 g/mol. The zero-order valence-corrected chi connectivity index (χ0v) is 18.2. The van der Waals surface area contributed by atoms with Crippen molar-refractivity contribution in [2.75, 3.05) is 11.9 Å². The number of aryl methyl sites for hydroxylation is 1. The van der Waals surface area contributed by atoms with Gasteiger partial charge in [-0.05, 0) is 43.5 Å². The average Bonchev–Trinajstić information content (AvgIpc) is 3.20. The van der Waals surface area contributed by atoms with Crippen LogP contribution in [0, 0.1) is 6.92 Å². The molecule has 3 rings (SSSR count). The molecule has 29 heavy (non-hydrogen) atoms. The van der Waals surface area contributed by atoms with E-state index in [1.165, 1.54) is 11.8 Å². The van der Waals surface area contributed by atoms with Gasteiger partial charge in [-0.3, -0.25) is 14.5 Å². The van der Waals surface area contributed by atoms with E-state index in [1.54, 1.807) is 30.0 Å². The number of carbonyl (C=O) groups is 2. The third-order valence-electron chi connectivity index (χ3n) is 4.22. The fourth-order valence-corrected chi connectivity index (χ4v) is 4.20. The Morgan fingerprint density at radius 3 is 2.76 bits per heavy atom. The van der Waals surface area contributed by atoms with Gasteiger partial charge in [0, 0.05) is 24.1 Å². The predicted molar refractivity (Wildman–Crippen MR) is 120 cm³/mol. The molecule has 0 unspecified atom stereocenters. The summed E-state index contributed by atoms with van der Waals surface area (Å²) < 4.78 is 5.47. The summed E-state index contributed by atoms with van der Waals surface area (Å²) in [5.41, 5.74) is 0.906. The molecular weight excluding hydrogens is 430 g/mol. The molecule has 0 aliphatic carbocycles. The van der Waals surface area contributed by atoms with Gasteiger partial charge in [0.2, 0.25) is 5.91 Å². The van der Waals surface area contributed by atoms with Gasteiger partial charge in [0.1, 0.15) is 10.1 Å². The van der Waals surface area contributed by atoms with Gasteiger partial charge < -0.3 is 9.84 Å². The number of thiocarbonyl (C=S) groups is 1. The second-order valence-corrected chi connectivity index (χ2v) is 8.68. The first-order valence-electron chi connectivity index (χ1n) is 9.16. The number of nitrogens with zero attached hydrogens (tertiary/aromatic N) is 2. The molecular formula is C20H20ClN3O3S2. The molecule has 1 aliphatic heterocycles. The van der Waals surface area contributed by atoms with Crippen LogP contribution < -0.4 is 5.32 Å². The molecule has 152 valence electrons. The van der Waals surface area contributed by atoms with E-state index in [2.05, 4.69) is 10.5 Å². The highest BCUT2D eigenvalue weighted by Gasteiger charge is 2.31. The van der Waals surface area contributed by atoms with Crippen LogP contribution >= 0.6 is 35.6 Å². The third kappa shape index (κ3) is 6.16. The molecule has 1 aliphatic rings. The summed E-state index contributed by atoms with van der Waals surface area (Å²) in [5, 5.41) is 7.08. The average molecular weight is 450 g/mol. The number of benzene rings is 1. The zero-order valence-electron chi connectivity index (χ0n) is 15.8. The SMILES string of the molecule is Cc1cc(NC(=O)CCCCCN2C(=O)C(=Cc3ccc(Cl)cc3)SC2=S)no1. The number of hydrogen-bond donors (Lipinski definition) is 1. The van der Waals surface area contributed by atoms with Gasteiger partial charge in [0.25, 0.3) is 5.91 Å². The fraction of sp³-hybridized carbons (Fsp3) is 0.300. The molecule has 1 aromatic carbocycles. The number of anilines is 1. The molecule has 0 spiro atoms. The zero-order chi connectivity index (χ0) is 20.8. The highest BCUT2D eigenvalue weighted by molar-refractivity contribution is 8.26. The largest absolute Gasteiger partial charge is 0.360 e. The molecule has 6 nitrogen and oxygen atoms in total. The van der Waals surface area contributed by atoms with E-state index < -0.39 is 0 Å². The molecule has 2 aromatic rings. The third-order valence-corrected chi connectivity index (χ3v) is 5.85. The highest BCUT2D eigenvalue weighted by Crippen LogP contribution is 2.33. The first-order chi connectivity index (χ1) is 13.9. The van der Waals surface area contributed by atoms with E-state index in [0.29, 0.717) is 38.8 Å². The lowest BCUT2D eigenvalue weighted by Crippen LogP contribution is -2.29. The molecule has 2 amide bonds. The first kappa shape index (κ1) is 21.5. The van der Waals surface area contributed by atoms with Crippen molar-refractivity contribution in [1.82, 2.24) is 10.1 Å². The Hall–Kier alpha value is -2.16. The van der Waals surface area contributed by atoms with Gasteiger partial charge in [0.15, 0.2) is 5.82 Å². The lowest BCUT2D eigenvalue weighted by Gasteiger charge is -2.14. The molecule has 1 fully saturated rings. The number of hydrogen-bond acceptors (Lipinski definition) is 6. The van der Waals surface area contributed by atoms with Crippen LogP contribution in [0.1, 0.15) is 37.0 Å². The quantitative estimate of drug-likeness (QED) is 0.346. The smallest absolute Gasteiger partial charge is 0.266 e. The maximum Gasteiger partial charge on any atom is 0.266 e. The van der Waals surface area contributed by atoms with Crippen LogP contribution in [0.3, 0.4) is 0 Å². The van der Waals surface area contributed by atoms with Crippen LogP contribution in [0.4, 0.5) is 5.82 Å². The van der Waals surface area contributed by atoms with Crippen molar-refractivity contribution >= 4 is 63.6 Å². The van der Waals surface area contributed by atoms with Crippen molar-refractivity contribution in [2.24, 2.45) is 0 Å². The van der Waals surface area contributed by atoms with E-state index in [4.69, 9.17) is 28.3 Å². The Bertz CT molecular complexity index is 941. The number of halogens is 1. The van der Waals surface area contributed by atoms with Crippen LogP contribution in [0.5, 0.6) is 0 Å². The van der Waals surface area contributed by atoms with E-state index >= 15 is 0 Å². The van der Waals surface area contributed by atoms with Crippen molar-refractivity contribution in [2.45, 2.75) is 32.6 Å². The standard InChI is InChI=1S/C20H20ClN3O3S2/c1-13-11-17(23-27-13)22-18(25)5-3-2-4-10-24-19(26)16(29-20(24)28)12-14-6-8-15(21)9-7-14/h6-9,11-12H,2-5,10H2,1H3,(H,22,23,25). The van der Waals surface area contributed by atoms with Crippen molar-refractivity contribution in [3.63, 3.8) is 0 Å². The minimum atomic E-state index is -0.102. The van der Waals surface area contributed by atoms with Crippen LogP contribution in [-0.2, 0) is 9.59 Å². The number of thioether (sulfide) groups is 1. The summed E-state index contributed by atoms with van der Waals surface area (Å²) in [4.78, 5) is 26.7. The molecule has 1 N–H and O–H groups in total. The van der Waals surface area contributed by atoms with Crippen molar-refractivity contribution in [3.05, 3.63) is 51.6 Å². The summed E-state index contributed by atoms with van der Waals surface area (Å²) in [6.07, 6.45) is 4.53. The highest BCUT2D eigenvalue weighted by atomic mass is 35.5. The predicted octanol–water partition coefficient (Wildman–Crippen LogP) is 5.04. The minimum absolute atomic E-state index is 0.0749. The van der Waals surface area contributed by atoms with Crippen LogP contribution in [0.2, 0.25) is 5.02 Å². The van der Waals surface area contributed by atoms with E-state index in [9.17, 15) is 9.59 Å². The molecule has 1 saturated heterocycles. The topological polar surface area (TPSA) is 75.4 Å². The second-order valence-electron chi connectivity index (χ2n) is 6.57. The Balaban J connectivity index is 1.41. The Morgan fingerprint density at radius 1 is 1.31 bits per heavy atom. The number of aromatic nitrogens is 1. The summed E-state index contributed by atoms with van der Waals surface area (Å²) in [6, 6.07) is 8.97. The number of nitrogens with one attached hydrogen (secondary N) is 1. The van der Waals surface area contributed by atoms with Crippen LogP contribution in [0.25, 0.3) is 6.08 Å². The molecule has 0 bridgehead atoms. The molecule has 2 heterocycles. The normalized spacial score (nSPS) is 15.4. The summed E-state index contributed by atoms with van der Waals surface area (Å²) in [7, 11) is 0. The molecule has 0 radical (unpaired) electrons. The Kier molecular flexibility index (Phi) is 7.46. The van der Waals surface area contributed by atoms with Gasteiger partial charge in [-0.25, -0.2) is 0 Å². The molecule has 9 heteroatoms. The Morgan fingerprint density at radius 2 is 2.07 bits per heavy atom. The number of amides is 2. The maximum absolute atomic E-state index is 12.6. The van der Waals surface area contributed by atoms with Gasteiger partial charge in [-0.15, -0.1) is 0 Å². The van der Waals surface area contributed by atoms with Gasteiger partial charge >= 0.3 is 0 Å². The summed E-state index contributed by atoms with van der Waals surface area (Å²) in [5.74, 6) is 0.898. The van der Waals surface area contributed by atoms with E-state index in [-0.39, 0.29) is 11.8 Å². The number of rotatable bonds is 8. The summed E-state index contributed by atoms with van der Waals surface area (Å²) >= 11 is 12.6. The van der Waals surface area contributed by atoms with Gasteiger partial charge in [-0.1, -0.05) is 59.3 Å². The Labute approximate surface area is 183 Å². The number of unbranched alkanes of at least 4 members (excludes halogenated alkanes) is 2. The first-order valence-corrected chi connectivity index (χ1v) is 10.8. The van der Waals surface area contributed by atoms with Gasteiger partial charge in [-0.2, -0.15) is 0 Å². The van der Waals surface area contributed by atoms with Crippen LogP contribution in [0.15, 0.2) is 39.8 Å².